The van der Waals surface area contributed by atoms with Gasteiger partial charge in [-0.3, -0.25) is 14.9 Å². The van der Waals surface area contributed by atoms with E-state index in [1.54, 1.807) is 0 Å². The molecule has 21 heavy (non-hydrogen) atoms. The van der Waals surface area contributed by atoms with Gasteiger partial charge in [0.05, 0.1) is 5.92 Å². The highest BCUT2D eigenvalue weighted by molar-refractivity contribution is 6.00. The van der Waals surface area contributed by atoms with Gasteiger partial charge in [-0.2, -0.15) is 0 Å². The van der Waals surface area contributed by atoms with Crippen molar-refractivity contribution in [2.45, 2.75) is 31.7 Å². The Kier molecular flexibility index (Phi) is 3.92. The molecule has 0 aromatic heterocycles. The first-order valence-electron chi connectivity index (χ1n) is 7.55. The molecular formula is C16H21N3O2. The van der Waals surface area contributed by atoms with Gasteiger partial charge in [-0.25, -0.2) is 0 Å². The van der Waals surface area contributed by atoms with E-state index in [2.05, 4.69) is 34.6 Å². The van der Waals surface area contributed by atoms with Gasteiger partial charge in [0.15, 0.2) is 0 Å². The molecule has 5 heteroatoms. The van der Waals surface area contributed by atoms with Crippen molar-refractivity contribution in [3.63, 3.8) is 0 Å². The average Bonchev–Trinajstić information content (AvgIpc) is 2.47. The first kappa shape index (κ1) is 14.1. The molecule has 0 radical (unpaired) electrons. The number of nitrogens with one attached hydrogen (secondary N) is 2. The maximum atomic E-state index is 11.9. The second kappa shape index (κ2) is 5.85. The van der Waals surface area contributed by atoms with Gasteiger partial charge in [0.1, 0.15) is 0 Å². The Balaban J connectivity index is 1.72. The predicted octanol–water partition coefficient (Wildman–Crippen LogP) is 1.00. The number of carbonyl (C=O) groups excluding carboxylic acids is 2. The van der Waals surface area contributed by atoms with Crippen molar-refractivity contribution in [2.24, 2.45) is 0 Å². The molecule has 0 saturated carbocycles. The SMILES string of the molecule is C[C@@H]1CN(c2ccc(C3CCC(=O)NC3=O)cc2)CCN1. The van der Waals surface area contributed by atoms with Crippen LogP contribution in [0.1, 0.15) is 31.2 Å². The third-order valence-corrected chi connectivity index (χ3v) is 4.27. The topological polar surface area (TPSA) is 61.4 Å². The fourth-order valence-electron chi connectivity index (χ4n) is 3.10. The lowest BCUT2D eigenvalue weighted by molar-refractivity contribution is -0.134. The fourth-order valence-corrected chi connectivity index (χ4v) is 3.10. The number of anilines is 1. The number of piperazine rings is 1. The molecule has 0 spiro atoms. The van der Waals surface area contributed by atoms with Crippen LogP contribution in [0.3, 0.4) is 0 Å². The van der Waals surface area contributed by atoms with E-state index in [0.717, 1.165) is 25.2 Å². The molecule has 2 aliphatic rings. The van der Waals surface area contributed by atoms with Gasteiger partial charge in [-0.15, -0.1) is 0 Å². The smallest absolute Gasteiger partial charge is 0.234 e. The van der Waals surface area contributed by atoms with Crippen LogP contribution in [0, 0.1) is 0 Å². The summed E-state index contributed by atoms with van der Waals surface area (Å²) >= 11 is 0. The molecule has 1 aromatic rings. The van der Waals surface area contributed by atoms with Crippen molar-refractivity contribution in [3.8, 4) is 0 Å². The Bertz CT molecular complexity index is 541. The minimum atomic E-state index is -0.196. The molecule has 5 nitrogen and oxygen atoms in total. The summed E-state index contributed by atoms with van der Waals surface area (Å²) in [7, 11) is 0. The number of amides is 2. The van der Waals surface area contributed by atoms with E-state index >= 15 is 0 Å². The molecule has 2 N–H and O–H groups in total. The zero-order valence-corrected chi connectivity index (χ0v) is 12.3. The Morgan fingerprint density at radius 1 is 1.19 bits per heavy atom. The van der Waals surface area contributed by atoms with Crippen LogP contribution in [0.25, 0.3) is 0 Å². The van der Waals surface area contributed by atoms with Crippen LogP contribution in [0.15, 0.2) is 24.3 Å². The largest absolute Gasteiger partial charge is 0.369 e. The van der Waals surface area contributed by atoms with Gasteiger partial charge in [-0.1, -0.05) is 12.1 Å². The molecule has 2 saturated heterocycles. The molecule has 2 aliphatic heterocycles. The first-order valence-corrected chi connectivity index (χ1v) is 7.55. The van der Waals surface area contributed by atoms with Crippen LogP contribution < -0.4 is 15.5 Å². The summed E-state index contributed by atoms with van der Waals surface area (Å²) in [6, 6.07) is 8.69. The lowest BCUT2D eigenvalue weighted by Gasteiger charge is -2.34. The number of hydrogen-bond donors (Lipinski definition) is 2. The monoisotopic (exact) mass is 287 g/mol. The zero-order valence-electron chi connectivity index (χ0n) is 12.3. The highest BCUT2D eigenvalue weighted by Gasteiger charge is 2.28. The van der Waals surface area contributed by atoms with E-state index in [4.69, 9.17) is 0 Å². The third-order valence-electron chi connectivity index (χ3n) is 4.27. The van der Waals surface area contributed by atoms with Gasteiger partial charge >= 0.3 is 0 Å². The van der Waals surface area contributed by atoms with E-state index in [1.807, 2.05) is 12.1 Å². The second-order valence-corrected chi connectivity index (χ2v) is 5.90. The van der Waals surface area contributed by atoms with E-state index < -0.39 is 0 Å². The Hall–Kier alpha value is -1.88. The van der Waals surface area contributed by atoms with E-state index in [-0.39, 0.29) is 17.7 Å². The molecule has 2 atom stereocenters. The molecule has 2 amide bonds. The standard InChI is InChI=1S/C16H21N3O2/c1-11-10-19(9-8-17-11)13-4-2-12(3-5-13)14-6-7-15(20)18-16(14)21/h2-5,11,14,17H,6-10H2,1H3,(H,18,20,21)/t11-,14?/m1/s1. The maximum absolute atomic E-state index is 11.9. The molecule has 1 aromatic carbocycles. The Labute approximate surface area is 124 Å². The van der Waals surface area contributed by atoms with Crippen LogP contribution in [0.2, 0.25) is 0 Å². The zero-order chi connectivity index (χ0) is 14.8. The lowest BCUT2D eigenvalue weighted by atomic mass is 9.90. The van der Waals surface area contributed by atoms with E-state index in [0.29, 0.717) is 18.9 Å². The van der Waals surface area contributed by atoms with Crippen molar-refractivity contribution in [3.05, 3.63) is 29.8 Å². The third kappa shape index (κ3) is 3.08. The number of benzene rings is 1. The van der Waals surface area contributed by atoms with E-state index in [9.17, 15) is 9.59 Å². The van der Waals surface area contributed by atoms with Crippen LogP contribution in [-0.4, -0.2) is 37.5 Å². The molecule has 3 rings (SSSR count). The Morgan fingerprint density at radius 3 is 2.62 bits per heavy atom. The molecule has 2 heterocycles. The Morgan fingerprint density at radius 2 is 1.95 bits per heavy atom. The number of piperidine rings is 1. The van der Waals surface area contributed by atoms with Crippen molar-refractivity contribution in [2.75, 3.05) is 24.5 Å². The molecule has 112 valence electrons. The molecular weight excluding hydrogens is 266 g/mol. The van der Waals surface area contributed by atoms with Crippen molar-refractivity contribution in [1.82, 2.24) is 10.6 Å². The molecule has 0 aliphatic carbocycles. The first-order chi connectivity index (χ1) is 10.1. The summed E-state index contributed by atoms with van der Waals surface area (Å²) in [6.45, 7) is 5.18. The highest BCUT2D eigenvalue weighted by atomic mass is 16.2. The van der Waals surface area contributed by atoms with Crippen LogP contribution in [0.4, 0.5) is 5.69 Å². The van der Waals surface area contributed by atoms with Gasteiger partial charge in [0, 0.05) is 37.8 Å². The number of rotatable bonds is 2. The maximum Gasteiger partial charge on any atom is 0.234 e. The van der Waals surface area contributed by atoms with E-state index in [1.165, 1.54) is 5.69 Å². The highest BCUT2D eigenvalue weighted by Crippen LogP contribution is 2.27. The summed E-state index contributed by atoms with van der Waals surface area (Å²) in [5, 5.41) is 5.84. The van der Waals surface area contributed by atoms with Crippen LogP contribution in [0.5, 0.6) is 0 Å². The number of nitrogens with zero attached hydrogens (tertiary/aromatic N) is 1. The number of imide groups is 1. The number of carbonyl (C=O) groups is 2. The normalized spacial score (nSPS) is 26.6. The summed E-state index contributed by atoms with van der Waals surface area (Å²) in [5.74, 6) is -0.531. The van der Waals surface area contributed by atoms with Gasteiger partial charge in [-0.05, 0) is 31.0 Å². The molecule has 2 fully saturated rings. The van der Waals surface area contributed by atoms with Gasteiger partial charge in [0.2, 0.25) is 11.8 Å². The van der Waals surface area contributed by atoms with Crippen molar-refractivity contribution in [1.29, 1.82) is 0 Å². The summed E-state index contributed by atoms with van der Waals surface area (Å²) < 4.78 is 0. The number of hydrogen-bond acceptors (Lipinski definition) is 4. The minimum absolute atomic E-state index is 0.164. The summed E-state index contributed by atoms with van der Waals surface area (Å²) in [6.07, 6.45) is 1.03. The predicted molar refractivity (Wildman–Crippen MR) is 81.2 cm³/mol. The van der Waals surface area contributed by atoms with Crippen molar-refractivity contribution < 1.29 is 9.59 Å². The lowest BCUT2D eigenvalue weighted by Crippen LogP contribution is -2.49. The minimum Gasteiger partial charge on any atom is -0.369 e. The summed E-state index contributed by atoms with van der Waals surface area (Å²) in [5.41, 5.74) is 2.19. The van der Waals surface area contributed by atoms with Gasteiger partial charge in [0.25, 0.3) is 0 Å². The molecule has 1 unspecified atom stereocenters. The molecule has 0 bridgehead atoms. The second-order valence-electron chi connectivity index (χ2n) is 5.90. The van der Waals surface area contributed by atoms with Crippen LogP contribution in [-0.2, 0) is 9.59 Å². The summed E-state index contributed by atoms with van der Waals surface area (Å²) in [4.78, 5) is 25.4. The van der Waals surface area contributed by atoms with Gasteiger partial charge < -0.3 is 10.2 Å². The van der Waals surface area contributed by atoms with Crippen LogP contribution >= 0.6 is 0 Å². The van der Waals surface area contributed by atoms with Crippen molar-refractivity contribution >= 4 is 17.5 Å². The fraction of sp³-hybridized carbons (Fsp3) is 0.500. The quantitative estimate of drug-likeness (QED) is 0.797. The average molecular weight is 287 g/mol.